The summed E-state index contributed by atoms with van der Waals surface area (Å²) in [5, 5.41) is 0. The predicted octanol–water partition coefficient (Wildman–Crippen LogP) is 3.39. The molecule has 1 aliphatic carbocycles. The Balaban J connectivity index is 1.81. The number of methoxy groups -OCH3 is 1. The third-order valence-electron chi connectivity index (χ3n) is 5.75. The van der Waals surface area contributed by atoms with Crippen LogP contribution in [0.25, 0.3) is 0 Å². The van der Waals surface area contributed by atoms with Crippen LogP contribution in [0.15, 0.2) is 12.2 Å². The zero-order valence-corrected chi connectivity index (χ0v) is 13.9. The number of carbonyl (C=O) groups is 1. The van der Waals surface area contributed by atoms with Crippen LogP contribution in [0.3, 0.4) is 0 Å². The number of esters is 1. The van der Waals surface area contributed by atoms with Crippen molar-refractivity contribution in [2.45, 2.75) is 75.6 Å². The highest BCUT2D eigenvalue weighted by atomic mass is 16.6. The molecule has 22 heavy (non-hydrogen) atoms. The molecule has 0 amide bonds. The van der Waals surface area contributed by atoms with E-state index in [-0.39, 0.29) is 23.3 Å². The summed E-state index contributed by atoms with van der Waals surface area (Å²) in [4.78, 5) is 12.2. The monoisotopic (exact) mass is 308 g/mol. The molecule has 2 bridgehead atoms. The average Bonchev–Trinajstić information content (AvgIpc) is 3.06. The third-order valence-corrected chi connectivity index (χ3v) is 5.75. The molecule has 3 fully saturated rings. The van der Waals surface area contributed by atoms with Gasteiger partial charge in [0.1, 0.15) is 5.60 Å². The van der Waals surface area contributed by atoms with Crippen LogP contribution in [0.5, 0.6) is 0 Å². The Kier molecular flexibility index (Phi) is 4.34. The Morgan fingerprint density at radius 3 is 2.64 bits per heavy atom. The maximum Gasteiger partial charge on any atom is 0.333 e. The second-order valence-electron chi connectivity index (χ2n) is 7.42. The molecule has 2 saturated heterocycles. The Morgan fingerprint density at radius 2 is 2.00 bits per heavy atom. The third kappa shape index (κ3) is 2.71. The summed E-state index contributed by atoms with van der Waals surface area (Å²) >= 11 is 0. The SMILES string of the molecule is C=C(C)C(=O)OC1(C2CC3(COC)CCC2O3)CCCCC1. The van der Waals surface area contributed by atoms with E-state index in [1.54, 1.807) is 14.0 Å². The number of rotatable bonds is 5. The normalized spacial score (nSPS) is 36.3. The van der Waals surface area contributed by atoms with Crippen LogP contribution in [0.1, 0.15) is 58.3 Å². The smallest absolute Gasteiger partial charge is 0.333 e. The maximum absolute atomic E-state index is 12.2. The van der Waals surface area contributed by atoms with Crippen LogP contribution in [0, 0.1) is 5.92 Å². The van der Waals surface area contributed by atoms with Crippen molar-refractivity contribution in [3.8, 4) is 0 Å². The van der Waals surface area contributed by atoms with Crippen molar-refractivity contribution in [2.75, 3.05) is 13.7 Å². The average molecular weight is 308 g/mol. The van der Waals surface area contributed by atoms with Gasteiger partial charge in [-0.15, -0.1) is 0 Å². The van der Waals surface area contributed by atoms with Gasteiger partial charge in [0, 0.05) is 18.6 Å². The molecule has 2 heterocycles. The largest absolute Gasteiger partial charge is 0.455 e. The molecule has 0 aromatic carbocycles. The van der Waals surface area contributed by atoms with Gasteiger partial charge in [0.2, 0.25) is 0 Å². The summed E-state index contributed by atoms with van der Waals surface area (Å²) in [7, 11) is 1.73. The van der Waals surface area contributed by atoms with E-state index in [9.17, 15) is 4.79 Å². The lowest BCUT2D eigenvalue weighted by Crippen LogP contribution is -2.49. The molecular weight excluding hydrogens is 280 g/mol. The van der Waals surface area contributed by atoms with Gasteiger partial charge in [-0.3, -0.25) is 0 Å². The first kappa shape index (κ1) is 16.0. The van der Waals surface area contributed by atoms with Crippen molar-refractivity contribution in [1.82, 2.24) is 0 Å². The number of carbonyl (C=O) groups excluding carboxylic acids is 1. The standard InChI is InChI=1S/C18H28O4/c1-13(2)16(19)22-18(8-5-4-6-9-18)14-11-17(12-20-3)10-7-15(14)21-17/h14-15H,1,4-12H2,2-3H3. The molecule has 0 radical (unpaired) electrons. The van der Waals surface area contributed by atoms with E-state index in [4.69, 9.17) is 14.2 Å². The summed E-state index contributed by atoms with van der Waals surface area (Å²) in [6.45, 7) is 6.11. The van der Waals surface area contributed by atoms with Crippen molar-refractivity contribution >= 4 is 5.97 Å². The van der Waals surface area contributed by atoms with Crippen LogP contribution in [-0.2, 0) is 19.0 Å². The van der Waals surface area contributed by atoms with Gasteiger partial charge in [0.05, 0.1) is 18.3 Å². The van der Waals surface area contributed by atoms with Gasteiger partial charge >= 0.3 is 5.97 Å². The van der Waals surface area contributed by atoms with E-state index >= 15 is 0 Å². The van der Waals surface area contributed by atoms with Crippen LogP contribution < -0.4 is 0 Å². The quantitative estimate of drug-likeness (QED) is 0.577. The predicted molar refractivity (Wildman–Crippen MR) is 83.5 cm³/mol. The Hall–Kier alpha value is -0.870. The first-order chi connectivity index (χ1) is 10.5. The molecule has 0 N–H and O–H groups in total. The molecule has 4 nitrogen and oxygen atoms in total. The fraction of sp³-hybridized carbons (Fsp3) is 0.833. The van der Waals surface area contributed by atoms with Crippen molar-refractivity contribution in [3.63, 3.8) is 0 Å². The highest BCUT2D eigenvalue weighted by Crippen LogP contribution is 2.55. The fourth-order valence-electron chi connectivity index (χ4n) is 4.73. The van der Waals surface area contributed by atoms with Crippen LogP contribution in [0.4, 0.5) is 0 Å². The molecule has 124 valence electrons. The van der Waals surface area contributed by atoms with Gasteiger partial charge < -0.3 is 14.2 Å². The first-order valence-corrected chi connectivity index (χ1v) is 8.56. The zero-order chi connectivity index (χ0) is 15.8. The number of ether oxygens (including phenoxy) is 3. The topological polar surface area (TPSA) is 44.8 Å². The fourth-order valence-corrected chi connectivity index (χ4v) is 4.73. The van der Waals surface area contributed by atoms with E-state index in [0.717, 1.165) is 44.9 Å². The second-order valence-corrected chi connectivity index (χ2v) is 7.42. The van der Waals surface area contributed by atoms with Gasteiger partial charge in [-0.25, -0.2) is 4.79 Å². The van der Waals surface area contributed by atoms with Crippen LogP contribution >= 0.6 is 0 Å². The molecule has 1 saturated carbocycles. The van der Waals surface area contributed by atoms with Crippen LogP contribution in [0.2, 0.25) is 0 Å². The van der Waals surface area contributed by atoms with Crippen molar-refractivity contribution in [1.29, 1.82) is 0 Å². The van der Waals surface area contributed by atoms with Gasteiger partial charge in [-0.05, 0) is 51.9 Å². The molecule has 0 aromatic rings. The molecule has 3 rings (SSSR count). The molecule has 0 aromatic heterocycles. The van der Waals surface area contributed by atoms with Gasteiger partial charge in [-0.2, -0.15) is 0 Å². The molecule has 2 aliphatic heterocycles. The maximum atomic E-state index is 12.2. The highest BCUT2D eigenvalue weighted by Gasteiger charge is 2.59. The van der Waals surface area contributed by atoms with E-state index in [0.29, 0.717) is 18.1 Å². The summed E-state index contributed by atoms with van der Waals surface area (Å²) in [6.07, 6.45) is 8.69. The lowest BCUT2D eigenvalue weighted by molar-refractivity contribution is -0.169. The highest BCUT2D eigenvalue weighted by molar-refractivity contribution is 5.87. The minimum Gasteiger partial charge on any atom is -0.455 e. The second kappa shape index (κ2) is 5.97. The van der Waals surface area contributed by atoms with E-state index in [1.165, 1.54) is 6.42 Å². The Morgan fingerprint density at radius 1 is 1.27 bits per heavy atom. The van der Waals surface area contributed by atoms with Crippen molar-refractivity contribution in [2.24, 2.45) is 5.92 Å². The van der Waals surface area contributed by atoms with E-state index < -0.39 is 0 Å². The van der Waals surface area contributed by atoms with Crippen LogP contribution in [-0.4, -0.2) is 37.0 Å². The lowest BCUT2D eigenvalue weighted by Gasteiger charge is -2.44. The number of hydrogen-bond acceptors (Lipinski definition) is 4. The first-order valence-electron chi connectivity index (χ1n) is 8.56. The van der Waals surface area contributed by atoms with E-state index in [2.05, 4.69) is 6.58 Å². The van der Waals surface area contributed by atoms with Gasteiger partial charge in [0.15, 0.2) is 0 Å². The Bertz CT molecular complexity index is 452. The Labute approximate surface area is 133 Å². The number of fused-ring (bicyclic) bond motifs is 2. The van der Waals surface area contributed by atoms with Crippen molar-refractivity contribution < 1.29 is 19.0 Å². The summed E-state index contributed by atoms with van der Waals surface area (Å²) in [5.74, 6) is 0.0606. The molecular formula is C18H28O4. The lowest BCUT2D eigenvalue weighted by atomic mass is 9.67. The summed E-state index contributed by atoms with van der Waals surface area (Å²) < 4.78 is 17.7. The van der Waals surface area contributed by atoms with E-state index in [1.807, 2.05) is 0 Å². The molecule has 3 aliphatic rings. The van der Waals surface area contributed by atoms with Gasteiger partial charge in [0.25, 0.3) is 0 Å². The van der Waals surface area contributed by atoms with Crippen molar-refractivity contribution in [3.05, 3.63) is 12.2 Å². The summed E-state index contributed by atoms with van der Waals surface area (Å²) in [5.41, 5.74) is -0.0143. The molecule has 3 atom stereocenters. The number of hydrogen-bond donors (Lipinski definition) is 0. The molecule has 4 heteroatoms. The zero-order valence-electron chi connectivity index (χ0n) is 13.9. The minimum atomic E-state index is -0.352. The summed E-state index contributed by atoms with van der Waals surface area (Å²) in [6, 6.07) is 0. The minimum absolute atomic E-state index is 0.149. The molecule has 3 unspecified atom stereocenters. The molecule has 0 spiro atoms. The van der Waals surface area contributed by atoms with Gasteiger partial charge in [-0.1, -0.05) is 13.0 Å².